The van der Waals surface area contributed by atoms with Crippen LogP contribution in [0, 0.1) is 11.6 Å². The molecule has 1 amide bonds. The molecule has 39 heavy (non-hydrogen) atoms. The van der Waals surface area contributed by atoms with E-state index >= 15 is 0 Å². The summed E-state index contributed by atoms with van der Waals surface area (Å²) < 4.78 is 28.6. The van der Waals surface area contributed by atoms with Gasteiger partial charge in [-0.05, 0) is 55.5 Å². The van der Waals surface area contributed by atoms with Crippen molar-refractivity contribution in [3.63, 3.8) is 0 Å². The second kappa shape index (κ2) is 14.5. The summed E-state index contributed by atoms with van der Waals surface area (Å²) in [7, 11) is 0. The highest BCUT2D eigenvalue weighted by Gasteiger charge is 2.17. The molecule has 4 N–H and O–H groups in total. The maximum Gasteiger partial charge on any atom is 0.305 e. The second-order valence-electron chi connectivity index (χ2n) is 10.3. The molecule has 1 fully saturated rings. The molecule has 1 heterocycles. The number of halogens is 2. The molecule has 0 aliphatic heterocycles. The average molecular weight is 561 g/mol. The number of carbonyl (C=O) groups is 1. The number of nitrogens with one attached hydrogen (secondary N) is 3. The van der Waals surface area contributed by atoms with Gasteiger partial charge in [0.1, 0.15) is 11.3 Å². The number of aromatic amines is 1. The third-order valence-corrected chi connectivity index (χ3v) is 8.38. The van der Waals surface area contributed by atoms with Crippen molar-refractivity contribution in [2.75, 3.05) is 32.7 Å². The fraction of sp³-hybridized carbons (Fsp3) is 0.517. The van der Waals surface area contributed by atoms with Crippen molar-refractivity contribution >= 4 is 27.5 Å². The van der Waals surface area contributed by atoms with Crippen molar-refractivity contribution in [1.82, 2.24) is 20.5 Å². The normalized spacial score (nSPS) is 14.6. The largest absolute Gasteiger partial charge is 0.506 e. The lowest BCUT2D eigenvalue weighted by atomic mass is 10.1. The number of aromatic hydroxyl groups is 1. The Balaban J connectivity index is 1.28. The zero-order chi connectivity index (χ0) is 27.6. The molecule has 0 atom stereocenters. The highest BCUT2D eigenvalue weighted by atomic mass is 32.1. The van der Waals surface area contributed by atoms with Crippen LogP contribution in [0.3, 0.4) is 0 Å². The molecule has 0 unspecified atom stereocenters. The number of carbonyl (C=O) groups excluding carboxylic acids is 1. The monoisotopic (exact) mass is 560 g/mol. The maximum atomic E-state index is 14.2. The fourth-order valence-electron chi connectivity index (χ4n) is 5.19. The molecule has 0 bridgehead atoms. The molecule has 7 nitrogen and oxygen atoms in total. The van der Waals surface area contributed by atoms with E-state index in [0.29, 0.717) is 63.1 Å². The molecule has 1 aliphatic rings. The van der Waals surface area contributed by atoms with Gasteiger partial charge in [-0.2, -0.15) is 0 Å². The molecule has 0 radical (unpaired) electrons. The van der Waals surface area contributed by atoms with Crippen LogP contribution in [-0.4, -0.2) is 59.7 Å². The number of nitrogens with zero attached hydrogens (tertiary/aromatic N) is 1. The first-order valence-corrected chi connectivity index (χ1v) is 14.7. The predicted octanol–water partition coefficient (Wildman–Crippen LogP) is 4.48. The summed E-state index contributed by atoms with van der Waals surface area (Å²) in [5, 5.41) is 16.6. The maximum absolute atomic E-state index is 14.2. The third kappa shape index (κ3) is 8.58. The molecule has 0 saturated heterocycles. The van der Waals surface area contributed by atoms with Gasteiger partial charge in [0.25, 0.3) is 0 Å². The first-order valence-electron chi connectivity index (χ1n) is 13.9. The summed E-state index contributed by atoms with van der Waals surface area (Å²) in [5.41, 5.74) is 1.78. The summed E-state index contributed by atoms with van der Waals surface area (Å²) in [6.07, 6.45) is 8.23. The lowest BCUT2D eigenvalue weighted by Gasteiger charge is -2.23. The van der Waals surface area contributed by atoms with E-state index in [9.17, 15) is 23.5 Å². The Morgan fingerprint density at radius 3 is 2.59 bits per heavy atom. The summed E-state index contributed by atoms with van der Waals surface area (Å²) in [6.45, 7) is 3.01. The number of hydrogen-bond donors (Lipinski definition) is 4. The zero-order valence-corrected chi connectivity index (χ0v) is 23.1. The van der Waals surface area contributed by atoms with Gasteiger partial charge in [0.2, 0.25) is 5.91 Å². The van der Waals surface area contributed by atoms with Crippen LogP contribution in [-0.2, 0) is 17.6 Å². The van der Waals surface area contributed by atoms with Crippen molar-refractivity contribution in [3.05, 3.63) is 62.8 Å². The Hall–Kier alpha value is -2.82. The van der Waals surface area contributed by atoms with E-state index < -0.39 is 11.6 Å². The van der Waals surface area contributed by atoms with Crippen LogP contribution in [0.4, 0.5) is 8.78 Å². The topological polar surface area (TPSA) is 97.5 Å². The van der Waals surface area contributed by atoms with Crippen molar-refractivity contribution in [2.45, 2.75) is 63.8 Å². The molecule has 10 heteroatoms. The number of benzene rings is 2. The molecular weight excluding hydrogens is 522 g/mol. The highest BCUT2D eigenvalue weighted by Crippen LogP contribution is 2.27. The lowest BCUT2D eigenvalue weighted by Crippen LogP contribution is -2.39. The molecular formula is C29H38F2N4O3S. The van der Waals surface area contributed by atoms with Gasteiger partial charge in [-0.15, -0.1) is 0 Å². The van der Waals surface area contributed by atoms with Gasteiger partial charge in [0, 0.05) is 38.6 Å². The van der Waals surface area contributed by atoms with E-state index in [1.165, 1.54) is 18.9 Å². The number of rotatable bonds is 13. The molecule has 2 aromatic carbocycles. The second-order valence-corrected chi connectivity index (χ2v) is 11.3. The number of H-pyrrole nitrogens is 1. The summed E-state index contributed by atoms with van der Waals surface area (Å²) in [5.74, 6) is -1.56. The van der Waals surface area contributed by atoms with Gasteiger partial charge < -0.3 is 25.6 Å². The minimum absolute atomic E-state index is 0.0404. The van der Waals surface area contributed by atoms with Crippen LogP contribution in [0.2, 0.25) is 0 Å². The van der Waals surface area contributed by atoms with E-state index in [-0.39, 0.29) is 22.6 Å². The minimum Gasteiger partial charge on any atom is -0.506 e. The van der Waals surface area contributed by atoms with Gasteiger partial charge in [0.15, 0.2) is 11.6 Å². The van der Waals surface area contributed by atoms with E-state index in [0.717, 1.165) is 53.3 Å². The fourth-order valence-corrected chi connectivity index (χ4v) is 6.09. The third-order valence-electron chi connectivity index (χ3n) is 7.42. The highest BCUT2D eigenvalue weighted by molar-refractivity contribution is 7.16. The van der Waals surface area contributed by atoms with Crippen LogP contribution in [0.1, 0.15) is 56.1 Å². The number of fused-ring (bicyclic) bond motifs is 1. The Morgan fingerprint density at radius 1 is 1.00 bits per heavy atom. The first-order chi connectivity index (χ1) is 18.9. The van der Waals surface area contributed by atoms with Crippen molar-refractivity contribution in [1.29, 1.82) is 0 Å². The Labute approximate surface area is 231 Å². The smallest absolute Gasteiger partial charge is 0.305 e. The standard InChI is InChI=1S/C29H38F2N4O3S/c30-23-9-5-6-20(26(23)31)13-17-35(18-14-25(37)33-22-7-3-1-2-4-8-22)19-16-32-15-12-21-10-11-24(36)27-28(21)39-29(38)34-27/h5-6,9-11,22,32,36H,1-4,7-8,12-19H2,(H,33,37)(H,34,38). The number of aromatic nitrogens is 1. The molecule has 3 aromatic rings. The number of phenols is 1. The first kappa shape index (κ1) is 29.2. The van der Waals surface area contributed by atoms with E-state index in [1.54, 1.807) is 12.1 Å². The average Bonchev–Trinajstić information content (AvgIpc) is 3.14. The van der Waals surface area contributed by atoms with E-state index in [1.807, 2.05) is 6.07 Å². The molecule has 4 rings (SSSR count). The quantitative estimate of drug-likeness (QED) is 0.183. The Morgan fingerprint density at radius 2 is 1.79 bits per heavy atom. The molecule has 1 aromatic heterocycles. The van der Waals surface area contributed by atoms with Gasteiger partial charge in [-0.25, -0.2) is 8.78 Å². The Kier molecular flexibility index (Phi) is 10.9. The predicted molar refractivity (Wildman–Crippen MR) is 151 cm³/mol. The summed E-state index contributed by atoms with van der Waals surface area (Å²) in [4.78, 5) is 29.0. The number of amides is 1. The van der Waals surface area contributed by atoms with Crippen molar-refractivity contribution < 1.29 is 18.7 Å². The van der Waals surface area contributed by atoms with Crippen LogP contribution in [0.25, 0.3) is 10.2 Å². The van der Waals surface area contributed by atoms with E-state index in [2.05, 4.69) is 20.5 Å². The van der Waals surface area contributed by atoms with Gasteiger partial charge in [-0.1, -0.05) is 55.2 Å². The number of phenolic OH excluding ortho intramolecular Hbond substituents is 1. The van der Waals surface area contributed by atoms with E-state index in [4.69, 9.17) is 0 Å². The molecule has 212 valence electrons. The Bertz CT molecular complexity index is 1290. The van der Waals surface area contributed by atoms with Gasteiger partial charge in [0.05, 0.1) is 4.70 Å². The van der Waals surface area contributed by atoms with Crippen LogP contribution in [0.15, 0.2) is 35.1 Å². The van der Waals surface area contributed by atoms with Crippen molar-refractivity contribution in [2.24, 2.45) is 0 Å². The summed E-state index contributed by atoms with van der Waals surface area (Å²) >= 11 is 1.09. The van der Waals surface area contributed by atoms with Crippen molar-refractivity contribution in [3.8, 4) is 5.75 Å². The zero-order valence-electron chi connectivity index (χ0n) is 22.2. The molecule has 1 saturated carbocycles. The number of thiazole rings is 1. The summed E-state index contributed by atoms with van der Waals surface area (Å²) in [6, 6.07) is 7.90. The van der Waals surface area contributed by atoms with Gasteiger partial charge in [-0.3, -0.25) is 9.59 Å². The van der Waals surface area contributed by atoms with Crippen LogP contribution < -0.4 is 15.5 Å². The number of hydrogen-bond acceptors (Lipinski definition) is 6. The molecule has 0 spiro atoms. The van der Waals surface area contributed by atoms with Crippen LogP contribution >= 0.6 is 11.3 Å². The van der Waals surface area contributed by atoms with Gasteiger partial charge >= 0.3 is 4.87 Å². The van der Waals surface area contributed by atoms with Crippen LogP contribution in [0.5, 0.6) is 5.75 Å². The SMILES string of the molecule is O=C(CCN(CCNCCc1ccc(O)c2[nH]c(=O)sc12)CCc1cccc(F)c1F)NC1CCCCCC1. The minimum atomic E-state index is -0.848. The lowest BCUT2D eigenvalue weighted by molar-refractivity contribution is -0.122. The molecule has 1 aliphatic carbocycles.